The third-order valence-corrected chi connectivity index (χ3v) is 1.47. The summed E-state index contributed by atoms with van der Waals surface area (Å²) in [7, 11) is 0. The molecule has 8 heteroatoms. The van der Waals surface area contributed by atoms with E-state index in [1.165, 1.54) is 0 Å². The molecule has 0 atom stereocenters. The van der Waals surface area contributed by atoms with Crippen molar-refractivity contribution < 1.29 is 27.5 Å². The quantitative estimate of drug-likeness (QED) is 0.703. The van der Waals surface area contributed by atoms with Crippen LogP contribution in [0.3, 0.4) is 0 Å². The van der Waals surface area contributed by atoms with Crippen LogP contribution in [0.2, 0.25) is 5.02 Å². The summed E-state index contributed by atoms with van der Waals surface area (Å²) >= 11 is 5.26. The summed E-state index contributed by atoms with van der Waals surface area (Å²) in [6, 6.07) is 2.30. The fourth-order valence-corrected chi connectivity index (χ4v) is 0.887. The van der Waals surface area contributed by atoms with E-state index in [1.54, 1.807) is 0 Å². The van der Waals surface area contributed by atoms with Gasteiger partial charge in [0.2, 0.25) is 0 Å². The summed E-state index contributed by atoms with van der Waals surface area (Å²) in [5.41, 5.74) is 2.69. The Bertz CT molecular complexity index is 377. The largest absolute Gasteiger partial charge is 0.465 e. The molecule has 3 N–H and O–H groups in total. The molecule has 1 rings (SSSR count). The van der Waals surface area contributed by atoms with Crippen molar-refractivity contribution in [1.29, 1.82) is 0 Å². The van der Waals surface area contributed by atoms with E-state index in [4.69, 9.17) is 21.5 Å². The molecule has 0 fully saturated rings. The number of rotatable bonds is 0. The van der Waals surface area contributed by atoms with E-state index in [2.05, 4.69) is 5.73 Å². The zero-order chi connectivity index (χ0) is 12.9. The molecule has 0 aliphatic rings. The average Bonchev–Trinajstić information content (AvgIpc) is 2.06. The molecule has 0 spiro atoms. The molecule has 16 heavy (non-hydrogen) atoms. The minimum absolute atomic E-state index is 0.135. The lowest BCUT2D eigenvalue weighted by molar-refractivity contribution is -0.140. The number of carboxylic acid groups (broad SMARTS) is 1. The van der Waals surface area contributed by atoms with Gasteiger partial charge in [0.05, 0.1) is 5.56 Å². The molecule has 0 aliphatic carbocycles. The molecule has 0 unspecified atom stereocenters. The number of halogens is 5. The number of alkyl halides is 3. The van der Waals surface area contributed by atoms with Crippen molar-refractivity contribution in [3.63, 3.8) is 0 Å². The SMILES string of the molecule is Fc1ccc(Cl)cc1C(F)(F)F.NC(=O)O. The normalized spacial score (nSPS) is 10.3. The predicted octanol–water partition coefficient (Wildman–Crippen LogP) is 3.12. The maximum atomic E-state index is 12.5. The molecule has 0 aromatic heterocycles. The molecule has 3 nitrogen and oxygen atoms in total. The van der Waals surface area contributed by atoms with Gasteiger partial charge in [-0.25, -0.2) is 9.18 Å². The van der Waals surface area contributed by atoms with Crippen LogP contribution >= 0.6 is 11.6 Å². The van der Waals surface area contributed by atoms with Gasteiger partial charge in [0.15, 0.2) is 0 Å². The number of hydrogen-bond donors (Lipinski definition) is 2. The molecule has 90 valence electrons. The number of amides is 1. The Morgan fingerprint density at radius 1 is 1.38 bits per heavy atom. The van der Waals surface area contributed by atoms with Crippen LogP contribution in [0, 0.1) is 5.82 Å². The zero-order valence-electron chi connectivity index (χ0n) is 7.55. The Morgan fingerprint density at radius 3 is 2.12 bits per heavy atom. The van der Waals surface area contributed by atoms with E-state index in [0.717, 1.165) is 6.07 Å². The Morgan fingerprint density at radius 2 is 1.81 bits per heavy atom. The summed E-state index contributed by atoms with van der Waals surface area (Å²) < 4.78 is 48.3. The van der Waals surface area contributed by atoms with Gasteiger partial charge in [-0.05, 0) is 18.2 Å². The minimum atomic E-state index is -4.69. The number of hydrogen-bond acceptors (Lipinski definition) is 1. The second kappa shape index (κ2) is 5.55. The molecule has 1 amide bonds. The number of primary amides is 1. The maximum Gasteiger partial charge on any atom is 0.419 e. The lowest BCUT2D eigenvalue weighted by atomic mass is 10.2. The molecule has 1 aromatic rings. The highest BCUT2D eigenvalue weighted by atomic mass is 35.5. The molecule has 1 aromatic carbocycles. The third-order valence-electron chi connectivity index (χ3n) is 1.23. The van der Waals surface area contributed by atoms with Crippen LogP contribution in [-0.4, -0.2) is 11.2 Å². The molecule has 0 saturated carbocycles. The highest BCUT2D eigenvalue weighted by Gasteiger charge is 2.33. The first-order valence-electron chi connectivity index (χ1n) is 3.65. The van der Waals surface area contributed by atoms with Crippen molar-refractivity contribution in [3.8, 4) is 0 Å². The fourth-order valence-electron chi connectivity index (χ4n) is 0.715. The Balaban J connectivity index is 0.000000487. The Kier molecular flexibility index (Phi) is 5.03. The van der Waals surface area contributed by atoms with E-state index < -0.39 is 23.7 Å². The van der Waals surface area contributed by atoms with Crippen LogP contribution in [-0.2, 0) is 6.18 Å². The molecular formula is C8H6ClF4NO2. The van der Waals surface area contributed by atoms with Crippen molar-refractivity contribution in [1.82, 2.24) is 0 Å². The van der Waals surface area contributed by atoms with E-state index in [0.29, 0.717) is 12.1 Å². The van der Waals surface area contributed by atoms with E-state index in [9.17, 15) is 17.6 Å². The second-order valence-corrected chi connectivity index (χ2v) is 2.90. The summed E-state index contributed by atoms with van der Waals surface area (Å²) in [5, 5.41) is 7.06. The first-order chi connectivity index (χ1) is 7.14. The topological polar surface area (TPSA) is 63.3 Å². The van der Waals surface area contributed by atoms with Gasteiger partial charge in [-0.2, -0.15) is 13.2 Å². The molecule has 0 radical (unpaired) electrons. The minimum Gasteiger partial charge on any atom is -0.465 e. The predicted molar refractivity (Wildman–Crippen MR) is 48.6 cm³/mol. The van der Waals surface area contributed by atoms with Crippen LogP contribution in [0.5, 0.6) is 0 Å². The standard InChI is InChI=1S/C7H3ClF4.CH3NO2/c8-4-1-2-6(9)5(3-4)7(10,11)12;2-1(3)4/h1-3H;2H2,(H,3,4). The highest BCUT2D eigenvalue weighted by Crippen LogP contribution is 2.32. The van der Waals surface area contributed by atoms with Gasteiger partial charge in [0.25, 0.3) is 0 Å². The summed E-state index contributed by atoms with van der Waals surface area (Å²) in [6.07, 6.45) is -6.02. The fraction of sp³-hybridized carbons (Fsp3) is 0.125. The number of carbonyl (C=O) groups is 1. The molecular weight excluding hydrogens is 254 g/mol. The monoisotopic (exact) mass is 259 g/mol. The van der Waals surface area contributed by atoms with Gasteiger partial charge >= 0.3 is 12.3 Å². The zero-order valence-corrected chi connectivity index (χ0v) is 8.31. The van der Waals surface area contributed by atoms with Crippen molar-refractivity contribution in [2.75, 3.05) is 0 Å². The summed E-state index contributed by atoms with van der Waals surface area (Å²) in [6.45, 7) is 0. The lowest BCUT2D eigenvalue weighted by Gasteiger charge is -2.07. The van der Waals surface area contributed by atoms with E-state index in [1.807, 2.05) is 0 Å². The van der Waals surface area contributed by atoms with Crippen LogP contribution in [0.25, 0.3) is 0 Å². The first-order valence-corrected chi connectivity index (χ1v) is 4.03. The number of nitrogens with two attached hydrogens (primary N) is 1. The Hall–Kier alpha value is -1.50. The van der Waals surface area contributed by atoms with Crippen molar-refractivity contribution in [2.45, 2.75) is 6.18 Å². The van der Waals surface area contributed by atoms with E-state index >= 15 is 0 Å². The summed E-state index contributed by atoms with van der Waals surface area (Å²) in [4.78, 5) is 8.78. The average molecular weight is 260 g/mol. The van der Waals surface area contributed by atoms with Gasteiger partial charge in [0, 0.05) is 5.02 Å². The lowest BCUT2D eigenvalue weighted by Crippen LogP contribution is -2.07. The molecule has 0 saturated heterocycles. The molecule has 0 bridgehead atoms. The first kappa shape index (κ1) is 14.5. The van der Waals surface area contributed by atoms with Crippen molar-refractivity contribution >= 4 is 17.7 Å². The van der Waals surface area contributed by atoms with Gasteiger partial charge < -0.3 is 10.8 Å². The van der Waals surface area contributed by atoms with Crippen LogP contribution in [0.15, 0.2) is 18.2 Å². The van der Waals surface area contributed by atoms with Crippen LogP contribution in [0.1, 0.15) is 5.56 Å². The molecule has 0 heterocycles. The van der Waals surface area contributed by atoms with Crippen molar-refractivity contribution in [3.05, 3.63) is 34.6 Å². The third kappa shape index (κ3) is 5.40. The highest BCUT2D eigenvalue weighted by molar-refractivity contribution is 6.30. The second-order valence-electron chi connectivity index (χ2n) is 2.46. The van der Waals surface area contributed by atoms with Crippen molar-refractivity contribution in [2.24, 2.45) is 5.73 Å². The van der Waals surface area contributed by atoms with E-state index in [-0.39, 0.29) is 5.02 Å². The number of benzene rings is 1. The molecule has 0 aliphatic heterocycles. The maximum absolute atomic E-state index is 12.5. The summed E-state index contributed by atoms with van der Waals surface area (Å²) in [5.74, 6) is -1.31. The smallest absolute Gasteiger partial charge is 0.419 e. The van der Waals surface area contributed by atoms with Crippen LogP contribution in [0.4, 0.5) is 22.4 Å². The van der Waals surface area contributed by atoms with Gasteiger partial charge in [-0.1, -0.05) is 11.6 Å². The van der Waals surface area contributed by atoms with Gasteiger partial charge in [-0.15, -0.1) is 0 Å². The van der Waals surface area contributed by atoms with Gasteiger partial charge in [0.1, 0.15) is 5.82 Å². The van der Waals surface area contributed by atoms with Gasteiger partial charge in [-0.3, -0.25) is 0 Å². The Labute approximate surface area is 92.4 Å². The van der Waals surface area contributed by atoms with Crippen LogP contribution < -0.4 is 5.73 Å².